The molecule has 0 aliphatic heterocycles. The fourth-order valence-corrected chi connectivity index (χ4v) is 2.74. The second kappa shape index (κ2) is 17.6. The molecule has 0 atom stereocenters. The summed E-state index contributed by atoms with van der Waals surface area (Å²) in [6.07, 6.45) is 17.0. The molecule has 0 aliphatic rings. The molecule has 0 rings (SSSR count). The molecule has 0 aromatic rings. The van der Waals surface area contributed by atoms with Crippen LogP contribution in [0, 0.1) is 0 Å². The molecule has 0 bridgehead atoms. The van der Waals surface area contributed by atoms with Crippen LogP contribution in [0.3, 0.4) is 0 Å². The second-order valence-electron chi connectivity index (χ2n) is 6.38. The van der Waals surface area contributed by atoms with Gasteiger partial charge in [-0.15, -0.1) is 0 Å². The summed E-state index contributed by atoms with van der Waals surface area (Å²) in [5.41, 5.74) is 0. The van der Waals surface area contributed by atoms with E-state index in [0.29, 0.717) is 0 Å². The molecule has 0 aliphatic carbocycles. The van der Waals surface area contributed by atoms with Gasteiger partial charge >= 0.3 is 98.7 Å². The summed E-state index contributed by atoms with van der Waals surface area (Å²) >= 11 is 2.29. The monoisotopic (exact) mass is 275 g/mol. The van der Waals surface area contributed by atoms with Crippen molar-refractivity contribution in [3.63, 3.8) is 0 Å². The Balaban J connectivity index is 3.38. The van der Waals surface area contributed by atoms with Crippen LogP contribution in [-0.2, 0) is 0 Å². The standard InChI is InChI=1S/C18H38N.Li/c1-4-7-10-11-12-13-14-15-18-19(16-8-5-2)17-9-6-3;/h1,4-18H2,2-3H3;. The van der Waals surface area contributed by atoms with Crippen LogP contribution in [0.4, 0.5) is 0 Å². The van der Waals surface area contributed by atoms with Crippen LogP contribution in [0.1, 0.15) is 90.9 Å². The third kappa shape index (κ3) is 15.0. The minimum Gasteiger partial charge on any atom is -0.0653 e. The molecule has 0 amide bonds. The average Bonchev–Trinajstić information content (AvgIpc) is 2.47. The van der Waals surface area contributed by atoms with Gasteiger partial charge in [-0.3, -0.25) is 0 Å². The number of hydrogen-bond acceptors (Lipinski definition) is 1. The van der Waals surface area contributed by atoms with Gasteiger partial charge in [0.2, 0.25) is 0 Å². The smallest absolute Gasteiger partial charge is 0.0653 e. The van der Waals surface area contributed by atoms with Gasteiger partial charge in [-0.1, -0.05) is 26.7 Å². The van der Waals surface area contributed by atoms with Gasteiger partial charge in [-0.25, -0.2) is 0 Å². The third-order valence-electron chi connectivity index (χ3n) is 4.23. The molecule has 0 fully saturated rings. The molecule has 0 spiro atoms. The molecule has 0 heterocycles. The van der Waals surface area contributed by atoms with E-state index < -0.39 is 0 Å². The maximum atomic E-state index is 2.70. The predicted octanol–water partition coefficient (Wildman–Crippen LogP) is 5.60. The molecule has 20 heavy (non-hydrogen) atoms. The third-order valence-corrected chi connectivity index (χ3v) is 4.23. The molecule has 0 unspecified atom stereocenters. The van der Waals surface area contributed by atoms with Crippen molar-refractivity contribution < 1.29 is 0 Å². The van der Waals surface area contributed by atoms with Crippen LogP contribution in [-0.4, -0.2) is 42.2 Å². The summed E-state index contributed by atoms with van der Waals surface area (Å²) in [4.78, 5) is 2.70. The van der Waals surface area contributed by atoms with E-state index in [1.54, 1.807) is 0 Å². The Labute approximate surface area is 138 Å². The van der Waals surface area contributed by atoms with Gasteiger partial charge < -0.3 is 0 Å². The van der Waals surface area contributed by atoms with Crippen LogP contribution >= 0.6 is 0 Å². The van der Waals surface area contributed by atoms with Crippen LogP contribution in [0.5, 0.6) is 0 Å². The van der Waals surface area contributed by atoms with Crippen molar-refractivity contribution in [1.82, 2.24) is 4.90 Å². The molecule has 1 nitrogen and oxygen atoms in total. The van der Waals surface area contributed by atoms with E-state index >= 15 is 0 Å². The topological polar surface area (TPSA) is 3.24 Å². The Morgan fingerprint density at radius 1 is 0.550 bits per heavy atom. The van der Waals surface area contributed by atoms with Gasteiger partial charge in [0.1, 0.15) is 0 Å². The molecule has 0 saturated heterocycles. The summed E-state index contributed by atoms with van der Waals surface area (Å²) < 4.78 is 0. The van der Waals surface area contributed by atoms with Gasteiger partial charge in [-0.05, 0) is 12.8 Å². The Hall–Kier alpha value is 0.557. The first-order chi connectivity index (χ1) is 9.85. The minimum absolute atomic E-state index is 1.33. The van der Waals surface area contributed by atoms with Crippen molar-refractivity contribution in [3.8, 4) is 0 Å². The Kier molecular flexibility index (Phi) is 18.1. The zero-order chi connectivity index (χ0) is 14.9. The van der Waals surface area contributed by atoms with Gasteiger partial charge in [0.15, 0.2) is 0 Å². The molecular formula is C18H38LiN. The summed E-state index contributed by atoms with van der Waals surface area (Å²) in [7, 11) is 0. The first-order valence-corrected chi connectivity index (χ1v) is 9.57. The second-order valence-corrected chi connectivity index (χ2v) is 6.38. The average molecular weight is 275 g/mol. The van der Waals surface area contributed by atoms with Gasteiger partial charge in [-0.2, -0.15) is 0 Å². The van der Waals surface area contributed by atoms with Crippen molar-refractivity contribution in [3.05, 3.63) is 0 Å². The fraction of sp³-hybridized carbons (Fsp3) is 1.00. The van der Waals surface area contributed by atoms with E-state index in [4.69, 9.17) is 0 Å². The summed E-state index contributed by atoms with van der Waals surface area (Å²) in [5, 5.41) is 1.37. The Morgan fingerprint density at radius 2 is 0.950 bits per heavy atom. The summed E-state index contributed by atoms with van der Waals surface area (Å²) in [6, 6.07) is 0. The van der Waals surface area contributed by atoms with Crippen LogP contribution in [0.25, 0.3) is 0 Å². The van der Waals surface area contributed by atoms with E-state index in [9.17, 15) is 0 Å². The number of hydrogen-bond donors (Lipinski definition) is 0. The molecule has 0 aromatic carbocycles. The first-order valence-electron chi connectivity index (χ1n) is 9.57. The Morgan fingerprint density at radius 3 is 1.40 bits per heavy atom. The van der Waals surface area contributed by atoms with Crippen LogP contribution in [0.2, 0.25) is 5.09 Å². The van der Waals surface area contributed by atoms with E-state index in [2.05, 4.69) is 36.5 Å². The van der Waals surface area contributed by atoms with Crippen molar-refractivity contribution in [2.24, 2.45) is 0 Å². The zero-order valence-corrected chi connectivity index (χ0v) is 14.8. The number of rotatable bonds is 16. The van der Waals surface area contributed by atoms with Crippen LogP contribution < -0.4 is 0 Å². The molecule has 2 heteroatoms. The molecule has 0 N–H and O–H groups in total. The molecular weight excluding hydrogens is 237 g/mol. The van der Waals surface area contributed by atoms with Gasteiger partial charge in [0, 0.05) is 0 Å². The minimum atomic E-state index is 1.33. The molecule has 0 radical (unpaired) electrons. The van der Waals surface area contributed by atoms with Crippen molar-refractivity contribution in [2.45, 2.75) is 96.0 Å². The van der Waals surface area contributed by atoms with Crippen molar-refractivity contribution >= 4 is 17.7 Å². The summed E-state index contributed by atoms with van der Waals surface area (Å²) in [6.45, 7) is 8.60. The predicted molar refractivity (Wildman–Crippen MR) is 93.8 cm³/mol. The van der Waals surface area contributed by atoms with Crippen LogP contribution in [0.15, 0.2) is 0 Å². The summed E-state index contributed by atoms with van der Waals surface area (Å²) in [5.74, 6) is 0. The molecule has 0 saturated carbocycles. The fourth-order valence-electron chi connectivity index (χ4n) is 2.74. The Bertz CT molecular complexity index is 165. The van der Waals surface area contributed by atoms with Crippen molar-refractivity contribution in [2.75, 3.05) is 19.6 Å². The number of unbranched alkanes of at least 4 members (excludes halogenated alkanes) is 9. The quantitative estimate of drug-likeness (QED) is 0.262. The maximum absolute atomic E-state index is 2.70. The SMILES string of the molecule is [Li][CH2]CCCCCCCCCN(CCCC)CCCC. The van der Waals surface area contributed by atoms with E-state index in [1.807, 2.05) is 0 Å². The zero-order valence-electron chi connectivity index (χ0n) is 14.8. The molecule has 116 valence electrons. The van der Waals surface area contributed by atoms with Gasteiger partial charge in [0.25, 0.3) is 0 Å². The van der Waals surface area contributed by atoms with E-state index in [0.717, 1.165) is 0 Å². The van der Waals surface area contributed by atoms with E-state index in [-0.39, 0.29) is 0 Å². The first kappa shape index (κ1) is 20.6. The van der Waals surface area contributed by atoms with Crippen molar-refractivity contribution in [1.29, 1.82) is 0 Å². The normalized spacial score (nSPS) is 11.4. The number of nitrogens with zero attached hydrogens (tertiary/aromatic N) is 1. The van der Waals surface area contributed by atoms with Gasteiger partial charge in [0.05, 0.1) is 0 Å². The van der Waals surface area contributed by atoms with E-state index in [1.165, 1.54) is 102 Å². The molecule has 0 aromatic heterocycles.